The third-order valence-corrected chi connectivity index (χ3v) is 4.80. The van der Waals surface area contributed by atoms with Crippen molar-refractivity contribution in [1.82, 2.24) is 5.32 Å². The molecule has 0 saturated heterocycles. The highest BCUT2D eigenvalue weighted by Gasteiger charge is 2.17. The molecule has 6 heteroatoms. The highest BCUT2D eigenvalue weighted by atomic mass is 19.1. The number of halogens is 2. The van der Waals surface area contributed by atoms with Gasteiger partial charge in [-0.15, -0.1) is 0 Å². The second-order valence-corrected chi connectivity index (χ2v) is 6.85. The smallest absolute Gasteiger partial charge is 0.244 e. The van der Waals surface area contributed by atoms with E-state index in [0.29, 0.717) is 17.9 Å². The Balaban J connectivity index is 1.90. The summed E-state index contributed by atoms with van der Waals surface area (Å²) in [5.41, 5.74) is 3.86. The van der Waals surface area contributed by atoms with Crippen molar-refractivity contribution in [2.75, 3.05) is 6.61 Å². The molecule has 2 aromatic carbocycles. The van der Waals surface area contributed by atoms with E-state index in [-0.39, 0.29) is 12.1 Å². The first-order valence-corrected chi connectivity index (χ1v) is 9.37. The first kappa shape index (κ1) is 20.6. The van der Waals surface area contributed by atoms with Crippen molar-refractivity contribution in [2.45, 2.75) is 34.2 Å². The van der Waals surface area contributed by atoms with Gasteiger partial charge in [0.25, 0.3) is 0 Å². The van der Waals surface area contributed by atoms with Crippen LogP contribution in [0.5, 0.6) is 5.75 Å². The standard InChI is InChI=1S/C23H23F2NO3/c1-5-28-22-15(4)23-17(14(3)12-29-23)10-16(22)13(2)9-21(27)26-11-18-19(24)7-6-8-20(18)25/h6-10,12H,5,11H2,1-4H3,(H,26,27)/b13-9+. The fourth-order valence-electron chi connectivity index (χ4n) is 3.26. The topological polar surface area (TPSA) is 51.5 Å². The fourth-order valence-corrected chi connectivity index (χ4v) is 3.26. The summed E-state index contributed by atoms with van der Waals surface area (Å²) in [6.45, 7) is 7.76. The summed E-state index contributed by atoms with van der Waals surface area (Å²) in [5, 5.41) is 3.48. The molecule has 0 radical (unpaired) electrons. The number of carbonyl (C=O) groups is 1. The monoisotopic (exact) mass is 399 g/mol. The van der Waals surface area contributed by atoms with Gasteiger partial charge < -0.3 is 14.5 Å². The van der Waals surface area contributed by atoms with Crippen molar-refractivity contribution < 1.29 is 22.7 Å². The second kappa shape index (κ2) is 8.47. The van der Waals surface area contributed by atoms with E-state index in [0.717, 1.165) is 39.8 Å². The minimum Gasteiger partial charge on any atom is -0.493 e. The molecule has 1 amide bonds. The van der Waals surface area contributed by atoms with E-state index in [1.165, 1.54) is 12.1 Å². The lowest BCUT2D eigenvalue weighted by molar-refractivity contribution is -0.116. The number of rotatable bonds is 6. The first-order valence-electron chi connectivity index (χ1n) is 9.37. The Labute approximate surface area is 168 Å². The van der Waals surface area contributed by atoms with Crippen molar-refractivity contribution >= 4 is 22.4 Å². The maximum atomic E-state index is 13.7. The lowest BCUT2D eigenvalue weighted by Crippen LogP contribution is -2.22. The van der Waals surface area contributed by atoms with Gasteiger partial charge in [-0.25, -0.2) is 8.78 Å². The quantitative estimate of drug-likeness (QED) is 0.561. The number of ether oxygens (including phenoxy) is 1. The van der Waals surface area contributed by atoms with Gasteiger partial charge in [0.05, 0.1) is 12.9 Å². The van der Waals surface area contributed by atoms with Crippen molar-refractivity contribution in [3.05, 3.63) is 70.5 Å². The Bertz CT molecular complexity index is 1080. The molecule has 0 fully saturated rings. The third-order valence-electron chi connectivity index (χ3n) is 4.80. The van der Waals surface area contributed by atoms with Crippen molar-refractivity contribution in [3.63, 3.8) is 0 Å². The SMILES string of the molecule is CCOc1c(/C(C)=C/C(=O)NCc2c(F)cccc2F)cc2c(C)coc2c1C. The Morgan fingerprint density at radius 2 is 1.93 bits per heavy atom. The van der Waals surface area contributed by atoms with Crippen LogP contribution >= 0.6 is 0 Å². The Hall–Kier alpha value is -3.15. The zero-order valence-electron chi connectivity index (χ0n) is 16.9. The molecule has 3 aromatic rings. The van der Waals surface area contributed by atoms with Crippen LogP contribution in [-0.2, 0) is 11.3 Å². The Kier molecular flexibility index (Phi) is 6.01. The zero-order valence-corrected chi connectivity index (χ0v) is 16.9. The highest BCUT2D eigenvalue weighted by Crippen LogP contribution is 2.37. The van der Waals surface area contributed by atoms with Crippen molar-refractivity contribution in [1.29, 1.82) is 0 Å². The largest absolute Gasteiger partial charge is 0.493 e. The predicted octanol–water partition coefficient (Wildman–Crippen LogP) is 5.45. The molecule has 0 saturated carbocycles. The summed E-state index contributed by atoms with van der Waals surface area (Å²) in [6.07, 6.45) is 3.09. The summed E-state index contributed by atoms with van der Waals surface area (Å²) in [4.78, 5) is 12.4. The lowest BCUT2D eigenvalue weighted by Gasteiger charge is -2.14. The minimum absolute atomic E-state index is 0.173. The van der Waals surface area contributed by atoms with Gasteiger partial charge in [-0.05, 0) is 57.0 Å². The zero-order chi connectivity index (χ0) is 21.1. The number of carbonyl (C=O) groups excluding carboxylic acids is 1. The molecule has 1 N–H and O–H groups in total. The number of aryl methyl sites for hydroxylation is 2. The summed E-state index contributed by atoms with van der Waals surface area (Å²) in [7, 11) is 0. The molecule has 0 bridgehead atoms. The maximum Gasteiger partial charge on any atom is 0.244 e. The fraction of sp³-hybridized carbons (Fsp3) is 0.261. The van der Waals surface area contributed by atoms with Gasteiger partial charge in [0.15, 0.2) is 0 Å². The first-order chi connectivity index (χ1) is 13.8. The Morgan fingerprint density at radius 1 is 1.24 bits per heavy atom. The minimum atomic E-state index is -0.693. The van der Waals surface area contributed by atoms with Gasteiger partial charge in [-0.2, -0.15) is 0 Å². The second-order valence-electron chi connectivity index (χ2n) is 6.85. The normalized spacial score (nSPS) is 11.7. The number of fused-ring (bicyclic) bond motifs is 1. The molecule has 0 aliphatic heterocycles. The van der Waals surface area contributed by atoms with Crippen LogP contribution in [0.15, 0.2) is 41.0 Å². The molecule has 0 atom stereocenters. The molecular weight excluding hydrogens is 376 g/mol. The van der Waals surface area contributed by atoms with E-state index in [4.69, 9.17) is 9.15 Å². The average Bonchev–Trinajstić information content (AvgIpc) is 3.04. The van der Waals surface area contributed by atoms with Gasteiger partial charge in [-0.1, -0.05) is 6.07 Å². The molecule has 29 heavy (non-hydrogen) atoms. The average molecular weight is 399 g/mol. The number of hydrogen-bond acceptors (Lipinski definition) is 3. The van der Waals surface area contributed by atoms with Crippen molar-refractivity contribution in [3.8, 4) is 5.75 Å². The number of amides is 1. The van der Waals surface area contributed by atoms with E-state index >= 15 is 0 Å². The molecule has 0 aliphatic rings. The number of hydrogen-bond donors (Lipinski definition) is 1. The van der Waals surface area contributed by atoms with E-state index < -0.39 is 17.5 Å². The number of benzene rings is 2. The highest BCUT2D eigenvalue weighted by molar-refractivity contribution is 5.98. The molecule has 152 valence electrons. The van der Waals surface area contributed by atoms with Crippen LogP contribution in [0.3, 0.4) is 0 Å². The lowest BCUT2D eigenvalue weighted by atomic mass is 9.98. The van der Waals surface area contributed by atoms with Crippen LogP contribution in [0, 0.1) is 25.5 Å². The van der Waals surface area contributed by atoms with Crippen LogP contribution in [0.2, 0.25) is 0 Å². The van der Waals surface area contributed by atoms with E-state index in [1.807, 2.05) is 26.8 Å². The molecule has 0 aliphatic carbocycles. The summed E-state index contributed by atoms with van der Waals surface area (Å²) in [6, 6.07) is 5.53. The summed E-state index contributed by atoms with van der Waals surface area (Å²) < 4.78 is 38.9. The van der Waals surface area contributed by atoms with Crippen LogP contribution in [-0.4, -0.2) is 12.5 Å². The van der Waals surface area contributed by atoms with Gasteiger partial charge in [-0.3, -0.25) is 4.79 Å². The maximum absolute atomic E-state index is 13.7. The van der Waals surface area contributed by atoms with Crippen LogP contribution in [0.4, 0.5) is 8.78 Å². The molecule has 1 aromatic heterocycles. The van der Waals surface area contributed by atoms with Crippen molar-refractivity contribution in [2.24, 2.45) is 0 Å². The van der Waals surface area contributed by atoms with E-state index in [1.54, 1.807) is 13.2 Å². The predicted molar refractivity (Wildman–Crippen MR) is 109 cm³/mol. The number of furan rings is 1. The summed E-state index contributed by atoms with van der Waals surface area (Å²) in [5.74, 6) is -1.19. The Morgan fingerprint density at radius 3 is 2.59 bits per heavy atom. The van der Waals surface area contributed by atoms with E-state index in [9.17, 15) is 13.6 Å². The van der Waals surface area contributed by atoms with Gasteiger partial charge in [0, 0.05) is 34.7 Å². The number of nitrogens with one attached hydrogen (secondary N) is 1. The molecular formula is C23H23F2NO3. The molecule has 0 unspecified atom stereocenters. The van der Waals surface area contributed by atoms with Gasteiger partial charge >= 0.3 is 0 Å². The molecule has 1 heterocycles. The van der Waals surface area contributed by atoms with Crippen LogP contribution in [0.25, 0.3) is 16.5 Å². The molecule has 3 rings (SSSR count). The molecule has 0 spiro atoms. The van der Waals surface area contributed by atoms with E-state index in [2.05, 4.69) is 5.32 Å². The van der Waals surface area contributed by atoms with Crippen LogP contribution < -0.4 is 10.1 Å². The van der Waals surface area contributed by atoms with Gasteiger partial charge in [0.2, 0.25) is 5.91 Å². The van der Waals surface area contributed by atoms with Gasteiger partial charge in [0.1, 0.15) is 23.0 Å². The molecule has 4 nitrogen and oxygen atoms in total. The van der Waals surface area contributed by atoms with Crippen LogP contribution in [0.1, 0.15) is 36.1 Å². The third kappa shape index (κ3) is 4.16. The summed E-state index contributed by atoms with van der Waals surface area (Å²) >= 11 is 0. The number of allylic oxidation sites excluding steroid dienone is 1.